The highest BCUT2D eigenvalue weighted by molar-refractivity contribution is 8.01. The van der Waals surface area contributed by atoms with E-state index < -0.39 is 38.8 Å². The molecule has 2 rings (SSSR count). The van der Waals surface area contributed by atoms with E-state index in [0.29, 0.717) is 5.56 Å². The quantitative estimate of drug-likeness (QED) is 0.582. The first-order valence-electron chi connectivity index (χ1n) is 6.68. The predicted molar refractivity (Wildman–Crippen MR) is 84.4 cm³/mol. The third-order valence-corrected chi connectivity index (χ3v) is 5.58. The SMILES string of the molecule is O=S(=O)(NCc1ccccc1)C(F)(F)C(F)(F)Sc1ccccc1. The molecule has 2 aromatic rings. The van der Waals surface area contributed by atoms with Gasteiger partial charge in [-0.3, -0.25) is 0 Å². The van der Waals surface area contributed by atoms with E-state index in [2.05, 4.69) is 0 Å². The van der Waals surface area contributed by atoms with Crippen molar-refractivity contribution >= 4 is 21.8 Å². The van der Waals surface area contributed by atoms with E-state index in [0.717, 1.165) is 0 Å². The predicted octanol–water partition coefficient (Wildman–Crippen LogP) is 4.08. The lowest BCUT2D eigenvalue weighted by Crippen LogP contribution is -2.50. The normalized spacial score (nSPS) is 13.0. The molecule has 0 aliphatic heterocycles. The first-order valence-corrected chi connectivity index (χ1v) is 8.98. The van der Waals surface area contributed by atoms with Gasteiger partial charge in [-0.15, -0.1) is 0 Å². The second kappa shape index (κ2) is 7.12. The van der Waals surface area contributed by atoms with Gasteiger partial charge in [-0.05, 0) is 29.5 Å². The Morgan fingerprint density at radius 1 is 0.875 bits per heavy atom. The molecule has 9 heteroatoms. The number of hydrogen-bond donors (Lipinski definition) is 1. The maximum absolute atomic E-state index is 13.9. The van der Waals surface area contributed by atoms with Gasteiger partial charge in [-0.2, -0.15) is 17.6 Å². The smallest absolute Gasteiger partial charge is 0.206 e. The third-order valence-electron chi connectivity index (χ3n) is 2.97. The summed E-state index contributed by atoms with van der Waals surface area (Å²) in [5.74, 6) is 0. The van der Waals surface area contributed by atoms with Crippen LogP contribution in [0, 0.1) is 0 Å². The maximum atomic E-state index is 13.9. The summed E-state index contributed by atoms with van der Waals surface area (Å²) in [5, 5.41) is -10.1. The van der Waals surface area contributed by atoms with Crippen molar-refractivity contribution in [2.45, 2.75) is 21.9 Å². The van der Waals surface area contributed by atoms with Crippen molar-refractivity contribution in [1.82, 2.24) is 4.72 Å². The first kappa shape index (κ1) is 18.8. The molecule has 0 atom stereocenters. The Morgan fingerprint density at radius 3 is 1.92 bits per heavy atom. The van der Waals surface area contributed by atoms with Crippen LogP contribution < -0.4 is 4.72 Å². The van der Waals surface area contributed by atoms with Gasteiger partial charge in [0.05, 0.1) is 0 Å². The van der Waals surface area contributed by atoms with Crippen molar-refractivity contribution in [2.24, 2.45) is 0 Å². The molecule has 0 spiro atoms. The molecule has 0 heterocycles. The van der Waals surface area contributed by atoms with E-state index >= 15 is 0 Å². The Balaban J connectivity index is 2.16. The van der Waals surface area contributed by atoms with Gasteiger partial charge in [0, 0.05) is 11.4 Å². The largest absolute Gasteiger partial charge is 0.430 e. The van der Waals surface area contributed by atoms with Crippen LogP contribution in [0.2, 0.25) is 0 Å². The number of hydrogen-bond acceptors (Lipinski definition) is 3. The van der Waals surface area contributed by atoms with Crippen LogP contribution in [0.1, 0.15) is 5.56 Å². The fourth-order valence-electron chi connectivity index (χ4n) is 1.72. The molecule has 0 amide bonds. The summed E-state index contributed by atoms with van der Waals surface area (Å²) in [4.78, 5) is -0.166. The number of nitrogens with one attached hydrogen (secondary N) is 1. The topological polar surface area (TPSA) is 46.2 Å². The summed E-state index contributed by atoms with van der Waals surface area (Å²) in [6.07, 6.45) is 0. The summed E-state index contributed by atoms with van der Waals surface area (Å²) >= 11 is -0.501. The van der Waals surface area contributed by atoms with Crippen molar-refractivity contribution in [2.75, 3.05) is 0 Å². The first-order chi connectivity index (χ1) is 11.2. The molecule has 0 saturated carbocycles. The second-order valence-electron chi connectivity index (χ2n) is 4.76. The van der Waals surface area contributed by atoms with Crippen molar-refractivity contribution in [3.63, 3.8) is 0 Å². The molecule has 0 aliphatic carbocycles. The van der Waals surface area contributed by atoms with Gasteiger partial charge in [0.2, 0.25) is 0 Å². The monoisotopic (exact) mass is 379 g/mol. The zero-order valence-corrected chi connectivity index (χ0v) is 13.8. The standard InChI is InChI=1S/C15H13F4NO2S2/c16-14(17,23-13-9-5-2-6-10-13)15(18,19)24(21,22)20-11-12-7-3-1-4-8-12/h1-10,20H,11H2. The Hall–Kier alpha value is -1.58. The minimum Gasteiger partial charge on any atom is -0.206 e. The van der Waals surface area contributed by atoms with E-state index in [9.17, 15) is 26.0 Å². The zero-order valence-electron chi connectivity index (χ0n) is 12.1. The number of alkyl halides is 4. The van der Waals surface area contributed by atoms with Crippen LogP contribution in [0.3, 0.4) is 0 Å². The number of halogens is 4. The minimum atomic E-state index is -5.59. The van der Waals surface area contributed by atoms with Crippen LogP contribution >= 0.6 is 11.8 Å². The number of sulfonamides is 1. The summed E-state index contributed by atoms with van der Waals surface area (Å²) in [7, 11) is -5.59. The molecule has 0 saturated heterocycles. The summed E-state index contributed by atoms with van der Waals surface area (Å²) in [5.41, 5.74) is 0.371. The highest BCUT2D eigenvalue weighted by atomic mass is 32.2. The van der Waals surface area contributed by atoms with Crippen molar-refractivity contribution in [3.8, 4) is 0 Å². The molecule has 0 aliphatic rings. The molecular weight excluding hydrogens is 366 g/mol. The molecule has 24 heavy (non-hydrogen) atoms. The third kappa shape index (κ3) is 4.08. The summed E-state index contributed by atoms with van der Waals surface area (Å²) < 4.78 is 80.7. The minimum absolute atomic E-state index is 0.166. The highest BCUT2D eigenvalue weighted by Crippen LogP contribution is 2.49. The van der Waals surface area contributed by atoms with Crippen LogP contribution in [0.5, 0.6) is 0 Å². The van der Waals surface area contributed by atoms with E-state index in [-0.39, 0.29) is 4.90 Å². The molecule has 0 unspecified atom stereocenters. The zero-order chi connectivity index (χ0) is 17.8. The van der Waals surface area contributed by atoms with Crippen LogP contribution in [-0.4, -0.2) is 18.9 Å². The Labute approximate surface area is 141 Å². The van der Waals surface area contributed by atoms with Gasteiger partial charge in [0.25, 0.3) is 10.0 Å². The molecule has 0 fully saturated rings. The van der Waals surface area contributed by atoms with Gasteiger partial charge < -0.3 is 0 Å². The van der Waals surface area contributed by atoms with Crippen molar-refractivity contribution in [1.29, 1.82) is 0 Å². The van der Waals surface area contributed by atoms with E-state index in [1.54, 1.807) is 18.2 Å². The van der Waals surface area contributed by atoms with Gasteiger partial charge in [0.1, 0.15) is 0 Å². The maximum Gasteiger partial charge on any atom is 0.430 e. The Kier molecular flexibility index (Phi) is 5.56. The van der Waals surface area contributed by atoms with Gasteiger partial charge in [0.15, 0.2) is 0 Å². The fourth-order valence-corrected chi connectivity index (χ4v) is 3.73. The lowest BCUT2D eigenvalue weighted by Gasteiger charge is -2.25. The Bertz CT molecular complexity index is 769. The van der Waals surface area contributed by atoms with Crippen LogP contribution in [0.25, 0.3) is 0 Å². The average molecular weight is 379 g/mol. The Morgan fingerprint density at radius 2 is 1.38 bits per heavy atom. The highest BCUT2D eigenvalue weighted by Gasteiger charge is 2.66. The van der Waals surface area contributed by atoms with Gasteiger partial charge >= 0.3 is 10.5 Å². The lowest BCUT2D eigenvalue weighted by molar-refractivity contribution is -0.0909. The fraction of sp³-hybridized carbons (Fsp3) is 0.200. The molecule has 0 radical (unpaired) electrons. The number of rotatable bonds is 7. The van der Waals surface area contributed by atoms with Gasteiger partial charge in [-0.25, -0.2) is 13.1 Å². The average Bonchev–Trinajstić information content (AvgIpc) is 2.54. The number of benzene rings is 2. The molecule has 2 aromatic carbocycles. The summed E-state index contributed by atoms with van der Waals surface area (Å²) in [6, 6.07) is 14.4. The van der Waals surface area contributed by atoms with Crippen molar-refractivity contribution < 1.29 is 26.0 Å². The van der Waals surface area contributed by atoms with Gasteiger partial charge in [-0.1, -0.05) is 48.5 Å². The molecule has 0 aromatic heterocycles. The second-order valence-corrected chi connectivity index (χ2v) is 7.76. The lowest BCUT2D eigenvalue weighted by atomic mass is 10.2. The molecule has 3 nitrogen and oxygen atoms in total. The van der Waals surface area contributed by atoms with E-state index in [1.165, 1.54) is 47.2 Å². The number of thioether (sulfide) groups is 1. The molecule has 1 N–H and O–H groups in total. The van der Waals surface area contributed by atoms with Crippen LogP contribution in [0.4, 0.5) is 17.6 Å². The van der Waals surface area contributed by atoms with E-state index in [4.69, 9.17) is 0 Å². The van der Waals surface area contributed by atoms with Crippen molar-refractivity contribution in [3.05, 3.63) is 66.2 Å². The molecular formula is C15H13F4NO2S2. The van der Waals surface area contributed by atoms with E-state index in [1.807, 2.05) is 0 Å². The molecule has 0 bridgehead atoms. The van der Waals surface area contributed by atoms with Crippen LogP contribution in [-0.2, 0) is 16.6 Å². The summed E-state index contributed by atoms with van der Waals surface area (Å²) in [6.45, 7) is -0.509. The van der Waals surface area contributed by atoms with Crippen LogP contribution in [0.15, 0.2) is 65.6 Å². The molecule has 130 valence electrons.